The number of fused-ring (bicyclic) bond motifs is 2. The van der Waals surface area contributed by atoms with Gasteiger partial charge >= 0.3 is 0 Å². The molecule has 204 valence electrons. The molecule has 0 fully saturated rings. The zero-order valence-electron chi connectivity index (χ0n) is 23.3. The second kappa shape index (κ2) is 15.1. The molecule has 4 rings (SSSR count). The second-order valence-corrected chi connectivity index (χ2v) is 10.7. The van der Waals surface area contributed by atoms with Gasteiger partial charge in [0.1, 0.15) is 0 Å². The molecule has 0 bridgehead atoms. The van der Waals surface area contributed by atoms with Crippen molar-refractivity contribution in [2.45, 2.75) is 84.0 Å². The Morgan fingerprint density at radius 1 is 0.538 bits per heavy atom. The van der Waals surface area contributed by atoms with Crippen LogP contribution >= 0.6 is 0 Å². The quantitative estimate of drug-likeness (QED) is 0.121. The van der Waals surface area contributed by atoms with Crippen LogP contribution in [0.1, 0.15) is 82.6 Å². The zero-order valence-corrected chi connectivity index (χ0v) is 23.3. The van der Waals surface area contributed by atoms with E-state index in [9.17, 15) is 9.59 Å². The number of hydrogen-bond acceptors (Lipinski definition) is 2. The highest BCUT2D eigenvalue weighted by molar-refractivity contribution is 6.07. The van der Waals surface area contributed by atoms with Gasteiger partial charge in [-0.15, -0.1) is 0 Å². The van der Waals surface area contributed by atoms with Crippen LogP contribution in [0, 0.1) is 6.92 Å². The first kappa shape index (κ1) is 28.4. The summed E-state index contributed by atoms with van der Waals surface area (Å²) < 4.78 is 0. The molecule has 39 heavy (non-hydrogen) atoms. The van der Waals surface area contributed by atoms with Crippen LogP contribution in [0.5, 0.6) is 0 Å². The molecule has 0 aliphatic rings. The van der Waals surface area contributed by atoms with E-state index in [0.717, 1.165) is 47.8 Å². The number of aryl methyl sites for hydroxylation is 1. The Labute approximate surface area is 233 Å². The highest BCUT2D eigenvalue weighted by atomic mass is 16.2. The van der Waals surface area contributed by atoms with Crippen LogP contribution in [0.25, 0.3) is 21.5 Å². The summed E-state index contributed by atoms with van der Waals surface area (Å²) in [5.41, 5.74) is 2.97. The van der Waals surface area contributed by atoms with Gasteiger partial charge in [-0.2, -0.15) is 0 Å². The van der Waals surface area contributed by atoms with Crippen molar-refractivity contribution < 1.29 is 9.59 Å². The van der Waals surface area contributed by atoms with Crippen LogP contribution in [0.4, 0.5) is 11.4 Å². The lowest BCUT2D eigenvalue weighted by Crippen LogP contribution is -2.11. The van der Waals surface area contributed by atoms with Crippen molar-refractivity contribution in [1.29, 1.82) is 0 Å². The van der Waals surface area contributed by atoms with E-state index < -0.39 is 0 Å². The monoisotopic (exact) mass is 522 g/mol. The maximum absolute atomic E-state index is 12.6. The van der Waals surface area contributed by atoms with Gasteiger partial charge in [0.2, 0.25) is 11.8 Å². The molecule has 0 aliphatic heterocycles. The largest absolute Gasteiger partial charge is 0.326 e. The van der Waals surface area contributed by atoms with E-state index in [2.05, 4.69) is 47.0 Å². The van der Waals surface area contributed by atoms with Crippen LogP contribution in [0.2, 0.25) is 0 Å². The SMILES string of the molecule is Cc1ccc(NC(=O)CCCCCCCCCCCCC(=O)Nc2cccc3cc4ccccc4cc23)cc1. The number of benzene rings is 4. The van der Waals surface area contributed by atoms with Gasteiger partial charge < -0.3 is 10.6 Å². The van der Waals surface area contributed by atoms with Gasteiger partial charge in [-0.1, -0.05) is 105 Å². The molecule has 4 aromatic rings. The van der Waals surface area contributed by atoms with Gasteiger partial charge in [0, 0.05) is 29.6 Å². The molecular weight excluding hydrogens is 480 g/mol. The first-order valence-electron chi connectivity index (χ1n) is 14.7. The summed E-state index contributed by atoms with van der Waals surface area (Å²) in [5, 5.41) is 10.8. The predicted molar refractivity (Wildman–Crippen MR) is 165 cm³/mol. The third-order valence-corrected chi connectivity index (χ3v) is 7.41. The van der Waals surface area contributed by atoms with Gasteiger partial charge in [0.15, 0.2) is 0 Å². The first-order valence-corrected chi connectivity index (χ1v) is 14.7. The number of nitrogens with one attached hydrogen (secondary N) is 2. The fraction of sp³-hybridized carbons (Fsp3) is 0.371. The summed E-state index contributed by atoms with van der Waals surface area (Å²) in [7, 11) is 0. The molecule has 0 atom stereocenters. The maximum atomic E-state index is 12.6. The summed E-state index contributed by atoms with van der Waals surface area (Å²) in [6.07, 6.45) is 12.6. The summed E-state index contributed by atoms with van der Waals surface area (Å²) in [6.45, 7) is 2.04. The van der Waals surface area contributed by atoms with Crippen LogP contribution in [0.3, 0.4) is 0 Å². The molecule has 0 aliphatic carbocycles. The van der Waals surface area contributed by atoms with Crippen LogP contribution < -0.4 is 10.6 Å². The molecule has 0 heterocycles. The minimum absolute atomic E-state index is 0.100. The third kappa shape index (κ3) is 9.24. The molecule has 2 N–H and O–H groups in total. The van der Waals surface area contributed by atoms with E-state index in [1.807, 2.05) is 49.4 Å². The Morgan fingerprint density at radius 2 is 1.05 bits per heavy atom. The lowest BCUT2D eigenvalue weighted by Gasteiger charge is -2.10. The van der Waals surface area contributed by atoms with Gasteiger partial charge in [0.05, 0.1) is 0 Å². The van der Waals surface area contributed by atoms with E-state index in [4.69, 9.17) is 0 Å². The molecule has 4 nitrogen and oxygen atoms in total. The van der Waals surface area contributed by atoms with E-state index in [-0.39, 0.29) is 11.8 Å². The fourth-order valence-corrected chi connectivity index (χ4v) is 5.13. The van der Waals surface area contributed by atoms with Crippen LogP contribution in [-0.2, 0) is 9.59 Å². The van der Waals surface area contributed by atoms with Gasteiger partial charge in [-0.05, 0) is 66.3 Å². The summed E-state index contributed by atoms with van der Waals surface area (Å²) in [4.78, 5) is 24.6. The average molecular weight is 523 g/mol. The highest BCUT2D eigenvalue weighted by Crippen LogP contribution is 2.28. The van der Waals surface area contributed by atoms with Gasteiger partial charge in [-0.25, -0.2) is 0 Å². The molecule has 4 aromatic carbocycles. The molecule has 0 spiro atoms. The standard InChI is InChI=1S/C35H42N2O2/c1-27-21-23-31(24-22-27)36-34(38)19-10-8-6-4-2-3-5-7-9-11-20-35(39)37-33-18-14-17-30-25-28-15-12-13-16-29(28)26-32(30)33/h12-18,21-26H,2-11,19-20H2,1H3,(H,36,38)(H,37,39). The molecule has 2 amide bonds. The Morgan fingerprint density at radius 3 is 1.67 bits per heavy atom. The van der Waals surface area contributed by atoms with E-state index >= 15 is 0 Å². The van der Waals surface area contributed by atoms with Crippen molar-refractivity contribution in [3.8, 4) is 0 Å². The lowest BCUT2D eigenvalue weighted by molar-refractivity contribution is -0.117. The summed E-state index contributed by atoms with van der Waals surface area (Å²) in [6, 6.07) is 26.7. The molecule has 0 saturated carbocycles. The Hall–Kier alpha value is -3.66. The fourth-order valence-electron chi connectivity index (χ4n) is 5.13. The van der Waals surface area contributed by atoms with E-state index in [1.165, 1.54) is 54.9 Å². The Kier molecular flexibility index (Phi) is 10.9. The minimum Gasteiger partial charge on any atom is -0.326 e. The molecular formula is C35H42N2O2. The van der Waals surface area contributed by atoms with Crippen LogP contribution in [0.15, 0.2) is 78.9 Å². The lowest BCUT2D eigenvalue weighted by atomic mass is 10.0. The highest BCUT2D eigenvalue weighted by Gasteiger charge is 2.07. The van der Waals surface area contributed by atoms with Crippen molar-refractivity contribution >= 4 is 44.7 Å². The van der Waals surface area contributed by atoms with Crippen molar-refractivity contribution in [3.63, 3.8) is 0 Å². The number of carbonyl (C=O) groups excluding carboxylic acids is 2. The number of amides is 2. The molecule has 0 saturated heterocycles. The van der Waals surface area contributed by atoms with E-state index in [0.29, 0.717) is 12.8 Å². The van der Waals surface area contributed by atoms with Crippen molar-refractivity contribution in [2.75, 3.05) is 10.6 Å². The topological polar surface area (TPSA) is 58.2 Å². The average Bonchev–Trinajstić information content (AvgIpc) is 2.94. The number of unbranched alkanes of at least 4 members (excludes halogenated alkanes) is 9. The first-order chi connectivity index (χ1) is 19.1. The van der Waals surface area contributed by atoms with Gasteiger partial charge in [-0.3, -0.25) is 9.59 Å². The number of rotatable bonds is 15. The van der Waals surface area contributed by atoms with E-state index in [1.54, 1.807) is 0 Å². The van der Waals surface area contributed by atoms with Crippen LogP contribution in [-0.4, -0.2) is 11.8 Å². The second-order valence-electron chi connectivity index (χ2n) is 10.7. The maximum Gasteiger partial charge on any atom is 0.224 e. The zero-order chi connectivity index (χ0) is 27.3. The number of anilines is 2. The van der Waals surface area contributed by atoms with Crippen molar-refractivity contribution in [2.24, 2.45) is 0 Å². The molecule has 4 heteroatoms. The summed E-state index contributed by atoms with van der Waals surface area (Å²) in [5.74, 6) is 0.210. The molecule has 0 radical (unpaired) electrons. The molecule has 0 unspecified atom stereocenters. The predicted octanol–water partition coefficient (Wildman–Crippen LogP) is 9.56. The molecule has 0 aromatic heterocycles. The number of hydrogen-bond donors (Lipinski definition) is 2. The third-order valence-electron chi connectivity index (χ3n) is 7.41. The summed E-state index contributed by atoms with van der Waals surface area (Å²) >= 11 is 0. The van der Waals surface area contributed by atoms with Crippen molar-refractivity contribution in [1.82, 2.24) is 0 Å². The Bertz CT molecular complexity index is 1360. The smallest absolute Gasteiger partial charge is 0.224 e. The minimum atomic E-state index is 0.100. The normalized spacial score (nSPS) is 11.1. The Balaban J connectivity index is 1.01. The number of carbonyl (C=O) groups is 2. The van der Waals surface area contributed by atoms with Crippen molar-refractivity contribution in [3.05, 3.63) is 84.4 Å². The van der Waals surface area contributed by atoms with Gasteiger partial charge in [0.25, 0.3) is 0 Å².